The van der Waals surface area contributed by atoms with E-state index in [1.54, 1.807) is 12.1 Å². The summed E-state index contributed by atoms with van der Waals surface area (Å²) in [6.45, 7) is 3.46. The van der Waals surface area contributed by atoms with Gasteiger partial charge in [0.05, 0.1) is 12.1 Å². The summed E-state index contributed by atoms with van der Waals surface area (Å²) < 4.78 is 13.7. The molecule has 0 unspecified atom stereocenters. The average molecular weight is 293 g/mol. The van der Waals surface area contributed by atoms with Crippen LogP contribution in [0.25, 0.3) is 0 Å². The second-order valence-corrected chi connectivity index (χ2v) is 5.47. The zero-order chi connectivity index (χ0) is 15.4. The minimum Gasteiger partial charge on any atom is -0.369 e. The van der Waals surface area contributed by atoms with Crippen LogP contribution in [-0.4, -0.2) is 42.4 Å². The molecule has 114 valence electrons. The lowest BCUT2D eigenvalue weighted by molar-refractivity contribution is -0.119. The maximum Gasteiger partial charge on any atom is 0.254 e. The van der Waals surface area contributed by atoms with Crippen LogP contribution in [0.15, 0.2) is 18.2 Å². The van der Waals surface area contributed by atoms with Gasteiger partial charge in [0.2, 0.25) is 5.91 Å². The van der Waals surface area contributed by atoms with Crippen molar-refractivity contribution in [1.82, 2.24) is 10.2 Å². The molecule has 21 heavy (non-hydrogen) atoms. The number of rotatable bonds is 4. The summed E-state index contributed by atoms with van der Waals surface area (Å²) in [5.41, 5.74) is 6.08. The number of nitrogens with two attached hydrogens (primary N) is 1. The monoisotopic (exact) mass is 293 g/mol. The molecule has 0 radical (unpaired) electrons. The first-order valence-electron chi connectivity index (χ1n) is 7.03. The Labute approximate surface area is 123 Å². The summed E-state index contributed by atoms with van der Waals surface area (Å²) >= 11 is 0. The molecule has 0 aromatic heterocycles. The third-order valence-corrected chi connectivity index (χ3v) is 3.67. The predicted octanol–water partition coefficient (Wildman–Crippen LogP) is 0.814. The average Bonchev–Trinajstić information content (AvgIpc) is 2.43. The lowest BCUT2D eigenvalue weighted by Gasteiger charge is -2.31. The summed E-state index contributed by atoms with van der Waals surface area (Å²) in [5, 5.41) is 2.86. The molecule has 6 heteroatoms. The topological polar surface area (TPSA) is 75.4 Å². The third-order valence-electron chi connectivity index (χ3n) is 3.67. The van der Waals surface area contributed by atoms with Crippen molar-refractivity contribution < 1.29 is 14.0 Å². The van der Waals surface area contributed by atoms with E-state index in [2.05, 4.69) is 5.32 Å². The van der Waals surface area contributed by atoms with E-state index in [4.69, 9.17) is 5.73 Å². The summed E-state index contributed by atoms with van der Waals surface area (Å²) in [6.07, 6.45) is 1.46. The van der Waals surface area contributed by atoms with Crippen LogP contribution in [0, 0.1) is 12.7 Å². The van der Waals surface area contributed by atoms with Crippen LogP contribution in [0.5, 0.6) is 0 Å². The van der Waals surface area contributed by atoms with E-state index in [1.165, 1.54) is 6.07 Å². The van der Waals surface area contributed by atoms with Crippen molar-refractivity contribution in [2.24, 2.45) is 5.73 Å². The minimum atomic E-state index is -0.510. The first kappa shape index (κ1) is 15.4. The highest BCUT2D eigenvalue weighted by molar-refractivity contribution is 5.94. The Kier molecular flexibility index (Phi) is 4.90. The number of primary amides is 1. The molecule has 5 nitrogen and oxygen atoms in total. The lowest BCUT2D eigenvalue weighted by atomic mass is 10.0. The van der Waals surface area contributed by atoms with Gasteiger partial charge in [0.15, 0.2) is 0 Å². The second kappa shape index (κ2) is 6.67. The number of piperidine rings is 1. The smallest absolute Gasteiger partial charge is 0.254 e. The molecular weight excluding hydrogens is 273 g/mol. The van der Waals surface area contributed by atoms with Crippen LogP contribution in [0.4, 0.5) is 4.39 Å². The van der Waals surface area contributed by atoms with E-state index in [1.807, 2.05) is 11.8 Å². The van der Waals surface area contributed by atoms with E-state index < -0.39 is 5.82 Å². The molecule has 0 aliphatic carbocycles. The molecule has 0 atom stereocenters. The number of aryl methyl sites for hydroxylation is 1. The van der Waals surface area contributed by atoms with Crippen molar-refractivity contribution in [3.63, 3.8) is 0 Å². The first-order valence-corrected chi connectivity index (χ1v) is 7.03. The van der Waals surface area contributed by atoms with Crippen molar-refractivity contribution in [3.05, 3.63) is 35.1 Å². The molecule has 1 heterocycles. The van der Waals surface area contributed by atoms with Crippen molar-refractivity contribution in [2.75, 3.05) is 19.6 Å². The molecule has 1 aliphatic rings. The number of nitrogens with one attached hydrogen (secondary N) is 1. The second-order valence-electron chi connectivity index (χ2n) is 5.47. The maximum absolute atomic E-state index is 13.7. The van der Waals surface area contributed by atoms with Crippen LogP contribution in [0.3, 0.4) is 0 Å². The van der Waals surface area contributed by atoms with Gasteiger partial charge in [0.1, 0.15) is 5.82 Å². The van der Waals surface area contributed by atoms with Crippen molar-refractivity contribution in [1.29, 1.82) is 0 Å². The number of carbonyl (C=O) groups is 2. The molecule has 3 N–H and O–H groups in total. The number of hydrogen-bond acceptors (Lipinski definition) is 3. The largest absolute Gasteiger partial charge is 0.369 e. The minimum absolute atomic E-state index is 0.00142. The van der Waals surface area contributed by atoms with Crippen molar-refractivity contribution in [3.8, 4) is 0 Å². The summed E-state index contributed by atoms with van der Waals surface area (Å²) in [5.74, 6) is -1.24. The Balaban J connectivity index is 1.90. The molecule has 0 spiro atoms. The molecular formula is C15H20FN3O2. The fourth-order valence-corrected chi connectivity index (χ4v) is 2.53. The van der Waals surface area contributed by atoms with Gasteiger partial charge in [-0.3, -0.25) is 14.5 Å². The van der Waals surface area contributed by atoms with Crippen LogP contribution in [0.2, 0.25) is 0 Å². The molecule has 2 rings (SSSR count). The molecule has 1 aromatic carbocycles. The normalized spacial score (nSPS) is 16.7. The van der Waals surface area contributed by atoms with E-state index in [9.17, 15) is 14.0 Å². The number of halogens is 1. The molecule has 0 saturated carbocycles. The zero-order valence-corrected chi connectivity index (χ0v) is 12.1. The van der Waals surface area contributed by atoms with E-state index in [-0.39, 0.29) is 30.0 Å². The van der Waals surface area contributed by atoms with Gasteiger partial charge in [-0.25, -0.2) is 4.39 Å². The van der Waals surface area contributed by atoms with Crippen LogP contribution in [-0.2, 0) is 4.79 Å². The van der Waals surface area contributed by atoms with E-state index >= 15 is 0 Å². The fourth-order valence-electron chi connectivity index (χ4n) is 2.53. The highest BCUT2D eigenvalue weighted by Crippen LogP contribution is 2.13. The predicted molar refractivity (Wildman–Crippen MR) is 77.3 cm³/mol. The lowest BCUT2D eigenvalue weighted by Crippen LogP contribution is -2.46. The Morgan fingerprint density at radius 1 is 1.38 bits per heavy atom. The number of likely N-dealkylation sites (tertiary alicyclic amines) is 1. The van der Waals surface area contributed by atoms with Gasteiger partial charge in [0, 0.05) is 19.1 Å². The van der Waals surface area contributed by atoms with Gasteiger partial charge in [-0.2, -0.15) is 0 Å². The molecule has 1 fully saturated rings. The summed E-state index contributed by atoms with van der Waals surface area (Å²) in [7, 11) is 0. The number of amides is 2. The van der Waals surface area contributed by atoms with Gasteiger partial charge >= 0.3 is 0 Å². The summed E-state index contributed by atoms with van der Waals surface area (Å²) in [4.78, 5) is 24.9. The highest BCUT2D eigenvalue weighted by Gasteiger charge is 2.22. The van der Waals surface area contributed by atoms with Crippen LogP contribution < -0.4 is 11.1 Å². The zero-order valence-electron chi connectivity index (χ0n) is 12.1. The van der Waals surface area contributed by atoms with Gasteiger partial charge in [-0.1, -0.05) is 11.6 Å². The van der Waals surface area contributed by atoms with Gasteiger partial charge in [-0.05, 0) is 31.9 Å². The van der Waals surface area contributed by atoms with Gasteiger partial charge < -0.3 is 11.1 Å². The Hall–Kier alpha value is -1.95. The van der Waals surface area contributed by atoms with Crippen LogP contribution in [0.1, 0.15) is 28.8 Å². The standard InChI is InChI=1S/C15H20FN3O2/c1-10-2-3-13(16)12(8-10)15(21)18-11-4-6-19(7-5-11)9-14(17)20/h2-3,8,11H,4-7,9H2,1H3,(H2,17,20)(H,18,21). The summed E-state index contributed by atoms with van der Waals surface area (Å²) in [6, 6.07) is 4.49. The molecule has 1 aromatic rings. The van der Waals surface area contributed by atoms with E-state index in [0.717, 1.165) is 18.4 Å². The molecule has 2 amide bonds. The number of carbonyl (C=O) groups excluding carboxylic acids is 2. The fraction of sp³-hybridized carbons (Fsp3) is 0.467. The van der Waals surface area contributed by atoms with Crippen molar-refractivity contribution >= 4 is 11.8 Å². The van der Waals surface area contributed by atoms with Crippen LogP contribution >= 0.6 is 0 Å². The molecule has 1 aliphatic heterocycles. The maximum atomic E-state index is 13.7. The quantitative estimate of drug-likeness (QED) is 0.863. The number of hydrogen-bond donors (Lipinski definition) is 2. The Bertz CT molecular complexity index is 540. The number of benzene rings is 1. The molecule has 1 saturated heterocycles. The number of nitrogens with zero attached hydrogens (tertiary/aromatic N) is 1. The van der Waals surface area contributed by atoms with E-state index in [0.29, 0.717) is 13.1 Å². The Morgan fingerprint density at radius 3 is 2.67 bits per heavy atom. The third kappa shape index (κ3) is 4.26. The van der Waals surface area contributed by atoms with Gasteiger partial charge in [0.25, 0.3) is 5.91 Å². The first-order chi connectivity index (χ1) is 9.95. The SMILES string of the molecule is Cc1ccc(F)c(C(=O)NC2CCN(CC(N)=O)CC2)c1. The molecule has 0 bridgehead atoms. The van der Waals surface area contributed by atoms with Crippen molar-refractivity contribution in [2.45, 2.75) is 25.8 Å². The highest BCUT2D eigenvalue weighted by atomic mass is 19.1. The van der Waals surface area contributed by atoms with Gasteiger partial charge in [-0.15, -0.1) is 0 Å². The Morgan fingerprint density at radius 2 is 2.05 bits per heavy atom.